The van der Waals surface area contributed by atoms with Gasteiger partial charge in [-0.1, -0.05) is 20.4 Å². The second-order valence-electron chi connectivity index (χ2n) is 9.11. The number of carbonyl (C=O) groups is 2. The Morgan fingerprint density at radius 1 is 1.33 bits per heavy atom. The van der Waals surface area contributed by atoms with Crippen molar-refractivity contribution >= 4 is 17.4 Å². The summed E-state index contributed by atoms with van der Waals surface area (Å²) >= 11 is 0. The van der Waals surface area contributed by atoms with Gasteiger partial charge in [0.2, 0.25) is 0 Å². The van der Waals surface area contributed by atoms with Gasteiger partial charge >= 0.3 is 0 Å². The fourth-order valence-corrected chi connectivity index (χ4v) is 4.43. The van der Waals surface area contributed by atoms with Crippen LogP contribution in [0.2, 0.25) is 0 Å². The minimum Gasteiger partial charge on any atom is -0.375 e. The van der Waals surface area contributed by atoms with Gasteiger partial charge in [0.15, 0.2) is 17.1 Å². The van der Waals surface area contributed by atoms with Crippen LogP contribution < -0.4 is 5.73 Å². The molecule has 0 aromatic carbocycles. The second kappa shape index (κ2) is 6.77. The number of nitrogens with two attached hydrogens (primary N) is 1. The number of likely N-dealkylation sites (N-methyl/N-ethyl adjacent to an activating group) is 1. The van der Waals surface area contributed by atoms with E-state index in [-0.39, 0.29) is 23.4 Å². The maximum absolute atomic E-state index is 12.5. The molecule has 8 heteroatoms. The van der Waals surface area contributed by atoms with E-state index in [4.69, 9.17) is 5.73 Å². The van der Waals surface area contributed by atoms with Crippen molar-refractivity contribution < 1.29 is 14.7 Å². The minimum atomic E-state index is -1.63. The van der Waals surface area contributed by atoms with Crippen molar-refractivity contribution in [2.75, 3.05) is 13.6 Å². The Kier molecular flexibility index (Phi) is 4.58. The second-order valence-corrected chi connectivity index (χ2v) is 9.11. The molecular weight excluding hydrogens is 382 g/mol. The summed E-state index contributed by atoms with van der Waals surface area (Å²) in [6.45, 7) is 8.81. The van der Waals surface area contributed by atoms with E-state index in [9.17, 15) is 14.7 Å². The molecule has 2 amide bonds. The molecular formula is C22H27N5O3. The van der Waals surface area contributed by atoms with Gasteiger partial charge in [-0.05, 0) is 47.9 Å². The number of nitrogens with zero attached hydrogens (tertiary/aromatic N) is 4. The number of rotatable bonds is 4. The van der Waals surface area contributed by atoms with Gasteiger partial charge in [-0.3, -0.25) is 9.59 Å². The van der Waals surface area contributed by atoms with Gasteiger partial charge in [-0.2, -0.15) is 5.10 Å². The highest BCUT2D eigenvalue weighted by atomic mass is 16.3. The van der Waals surface area contributed by atoms with Crippen molar-refractivity contribution in [3.63, 3.8) is 0 Å². The van der Waals surface area contributed by atoms with Crippen LogP contribution in [0.15, 0.2) is 24.9 Å². The summed E-state index contributed by atoms with van der Waals surface area (Å²) in [5.41, 5.74) is 7.04. The van der Waals surface area contributed by atoms with Crippen molar-refractivity contribution in [1.29, 1.82) is 0 Å². The number of aromatic nitrogens is 3. The topological polar surface area (TPSA) is 114 Å². The lowest BCUT2D eigenvalue weighted by Gasteiger charge is -2.29. The van der Waals surface area contributed by atoms with E-state index >= 15 is 0 Å². The van der Waals surface area contributed by atoms with E-state index in [0.717, 1.165) is 24.1 Å². The molecule has 4 rings (SSSR count). The molecule has 1 aliphatic carbocycles. The Morgan fingerprint density at radius 3 is 2.70 bits per heavy atom. The summed E-state index contributed by atoms with van der Waals surface area (Å²) in [6, 6.07) is 3.45. The first-order valence-corrected chi connectivity index (χ1v) is 10.1. The summed E-state index contributed by atoms with van der Waals surface area (Å²) in [7, 11) is 1.66. The molecule has 2 aromatic rings. The molecule has 0 unspecified atom stereocenters. The third-order valence-corrected chi connectivity index (χ3v) is 6.34. The number of amides is 2. The lowest BCUT2D eigenvalue weighted by Crippen LogP contribution is -2.39. The molecule has 0 bridgehead atoms. The zero-order chi connectivity index (χ0) is 21.8. The maximum atomic E-state index is 12.5. The van der Waals surface area contributed by atoms with Crippen LogP contribution in [-0.2, 0) is 17.6 Å². The van der Waals surface area contributed by atoms with Gasteiger partial charge in [-0.25, -0.2) is 9.67 Å². The first-order chi connectivity index (χ1) is 14.0. The van der Waals surface area contributed by atoms with Crippen molar-refractivity contribution in [2.24, 2.45) is 11.1 Å². The largest absolute Gasteiger partial charge is 0.375 e. The van der Waals surface area contributed by atoms with Crippen molar-refractivity contribution in [1.82, 2.24) is 19.7 Å². The van der Waals surface area contributed by atoms with E-state index in [0.29, 0.717) is 29.9 Å². The van der Waals surface area contributed by atoms with Crippen LogP contribution >= 0.6 is 0 Å². The van der Waals surface area contributed by atoms with Crippen molar-refractivity contribution in [3.05, 3.63) is 47.4 Å². The standard InChI is InChI=1S/C22H27N5O3/c1-13(22(30)8-10-26(4)20(22)29)14-6-9-24-17(11-14)27-16-5-7-21(2,3)12-15(16)18(25-27)19(23)28/h6,9,11,30H,1,5,7-8,10,12H2,2-4H3,(H2,23,28)/t22-/m1/s1. The van der Waals surface area contributed by atoms with E-state index in [1.165, 1.54) is 4.90 Å². The van der Waals surface area contributed by atoms with Crippen LogP contribution in [0.25, 0.3) is 11.4 Å². The van der Waals surface area contributed by atoms with Gasteiger partial charge < -0.3 is 15.7 Å². The molecule has 3 heterocycles. The Balaban J connectivity index is 1.76. The Morgan fingerprint density at radius 2 is 2.07 bits per heavy atom. The molecule has 1 fully saturated rings. The third kappa shape index (κ3) is 3.11. The Hall–Kier alpha value is -3.00. The molecule has 1 atom stereocenters. The number of hydrogen-bond donors (Lipinski definition) is 2. The van der Waals surface area contributed by atoms with Crippen molar-refractivity contribution in [3.8, 4) is 5.82 Å². The summed E-state index contributed by atoms with van der Waals surface area (Å²) in [4.78, 5) is 30.4. The molecule has 3 N–H and O–H groups in total. The monoisotopic (exact) mass is 409 g/mol. The highest BCUT2D eigenvalue weighted by molar-refractivity contribution is 6.00. The fourth-order valence-electron chi connectivity index (χ4n) is 4.43. The first kappa shape index (κ1) is 20.3. The van der Waals surface area contributed by atoms with Crippen LogP contribution in [0.1, 0.15) is 54.0 Å². The quantitative estimate of drug-likeness (QED) is 0.794. The van der Waals surface area contributed by atoms with Crippen LogP contribution in [0.5, 0.6) is 0 Å². The van der Waals surface area contributed by atoms with Crippen molar-refractivity contribution in [2.45, 2.75) is 45.1 Å². The van der Waals surface area contributed by atoms with Gasteiger partial charge in [0.05, 0.1) is 5.69 Å². The molecule has 158 valence electrons. The van der Waals surface area contributed by atoms with Crippen LogP contribution in [0.4, 0.5) is 0 Å². The fraction of sp³-hybridized carbons (Fsp3) is 0.455. The average Bonchev–Trinajstić information content (AvgIpc) is 3.20. The molecule has 2 aliphatic rings. The van der Waals surface area contributed by atoms with E-state index in [1.54, 1.807) is 30.1 Å². The normalized spacial score (nSPS) is 22.8. The lowest BCUT2D eigenvalue weighted by molar-refractivity contribution is -0.137. The molecule has 2 aromatic heterocycles. The van der Waals surface area contributed by atoms with Gasteiger partial charge in [0, 0.05) is 31.8 Å². The molecule has 1 saturated heterocycles. The predicted molar refractivity (Wildman–Crippen MR) is 112 cm³/mol. The van der Waals surface area contributed by atoms with Crippen LogP contribution in [0.3, 0.4) is 0 Å². The van der Waals surface area contributed by atoms with Gasteiger partial charge in [0.1, 0.15) is 0 Å². The SMILES string of the molecule is C=C(c1ccnc(-n2nc(C(N)=O)c3c2CCC(C)(C)C3)c1)[C@]1(O)CCN(C)C1=O. The molecule has 30 heavy (non-hydrogen) atoms. The number of fused-ring (bicyclic) bond motifs is 1. The van der Waals surface area contributed by atoms with E-state index in [2.05, 4.69) is 30.5 Å². The van der Waals surface area contributed by atoms with Crippen LogP contribution in [0, 0.1) is 5.41 Å². The highest BCUT2D eigenvalue weighted by Crippen LogP contribution is 2.38. The average molecular weight is 409 g/mol. The zero-order valence-electron chi connectivity index (χ0n) is 17.6. The number of carbonyl (C=O) groups excluding carboxylic acids is 2. The van der Waals surface area contributed by atoms with E-state index < -0.39 is 11.5 Å². The summed E-state index contributed by atoms with van der Waals surface area (Å²) in [6.07, 6.45) is 4.30. The molecule has 0 spiro atoms. The Labute approximate surface area is 175 Å². The maximum Gasteiger partial charge on any atom is 0.269 e. The Bertz CT molecular complexity index is 1070. The number of pyridine rings is 1. The summed E-state index contributed by atoms with van der Waals surface area (Å²) in [5.74, 6) is -0.419. The number of primary amides is 1. The molecule has 0 saturated carbocycles. The lowest BCUT2D eigenvalue weighted by atomic mass is 9.76. The minimum absolute atomic E-state index is 0.0623. The number of hydrogen-bond acceptors (Lipinski definition) is 5. The highest BCUT2D eigenvalue weighted by Gasteiger charge is 2.46. The third-order valence-electron chi connectivity index (χ3n) is 6.34. The zero-order valence-corrected chi connectivity index (χ0v) is 17.6. The number of likely N-dealkylation sites (tertiary alicyclic amines) is 1. The van der Waals surface area contributed by atoms with E-state index in [1.807, 2.05) is 0 Å². The van der Waals surface area contributed by atoms with Crippen LogP contribution in [-0.4, -0.2) is 55.8 Å². The number of aliphatic hydroxyl groups is 1. The smallest absolute Gasteiger partial charge is 0.269 e. The summed E-state index contributed by atoms with van der Waals surface area (Å²) in [5, 5.41) is 15.4. The molecule has 1 aliphatic heterocycles. The predicted octanol–water partition coefficient (Wildman–Crippen LogP) is 1.49. The van der Waals surface area contributed by atoms with Gasteiger partial charge in [0.25, 0.3) is 11.8 Å². The first-order valence-electron chi connectivity index (χ1n) is 10.1. The summed E-state index contributed by atoms with van der Waals surface area (Å²) < 4.78 is 1.66. The van der Waals surface area contributed by atoms with Gasteiger partial charge in [-0.15, -0.1) is 0 Å². The molecule has 0 radical (unpaired) electrons. The molecule has 8 nitrogen and oxygen atoms in total.